The third kappa shape index (κ3) is 4.03. The molecule has 26 heavy (non-hydrogen) atoms. The van der Waals surface area contributed by atoms with Crippen molar-refractivity contribution in [2.45, 2.75) is 39.0 Å². The minimum atomic E-state index is 0.352. The first-order chi connectivity index (χ1) is 12.7. The molecule has 0 spiro atoms. The molecule has 4 rings (SSSR count). The number of hydrogen-bond acceptors (Lipinski definition) is 2. The first-order valence-corrected chi connectivity index (χ1v) is 10.1. The molecule has 3 aromatic rings. The largest absolute Gasteiger partial charge is 0.377 e. The molecule has 1 unspecified atom stereocenters. The van der Waals surface area contributed by atoms with Gasteiger partial charge in [-0.25, -0.2) is 0 Å². The van der Waals surface area contributed by atoms with Gasteiger partial charge in [-0.1, -0.05) is 40.2 Å². The van der Waals surface area contributed by atoms with Gasteiger partial charge in [0, 0.05) is 47.8 Å². The summed E-state index contributed by atoms with van der Waals surface area (Å²) in [6, 6.07) is 15.3. The Balaban J connectivity index is 1.58. The number of aryl methyl sites for hydroxylation is 1. The van der Waals surface area contributed by atoms with Crippen LogP contribution in [-0.2, 0) is 17.8 Å². The summed E-state index contributed by atoms with van der Waals surface area (Å²) in [6.45, 7) is 5.85. The average molecular weight is 413 g/mol. The maximum absolute atomic E-state index is 5.92. The van der Waals surface area contributed by atoms with Gasteiger partial charge >= 0.3 is 0 Å². The smallest absolute Gasteiger partial charge is 0.0703 e. The number of ether oxygens (including phenoxy) is 1. The van der Waals surface area contributed by atoms with Crippen molar-refractivity contribution in [1.82, 2.24) is 9.88 Å². The van der Waals surface area contributed by atoms with Crippen molar-refractivity contribution in [3.8, 4) is 0 Å². The van der Waals surface area contributed by atoms with Gasteiger partial charge in [0.1, 0.15) is 0 Å². The molecule has 1 atom stereocenters. The van der Waals surface area contributed by atoms with Gasteiger partial charge in [0.2, 0.25) is 0 Å². The molecule has 1 aromatic heterocycles. The van der Waals surface area contributed by atoms with Crippen LogP contribution in [0.2, 0.25) is 0 Å². The number of nitrogens with one attached hydrogen (secondary N) is 1. The van der Waals surface area contributed by atoms with Crippen molar-refractivity contribution >= 4 is 26.8 Å². The van der Waals surface area contributed by atoms with E-state index in [0.717, 1.165) is 26.2 Å². The Kier molecular flexibility index (Phi) is 5.44. The number of halogens is 1. The summed E-state index contributed by atoms with van der Waals surface area (Å²) in [4.78, 5) is 5.84. The molecular formula is C22H25BrN2O. The first kappa shape index (κ1) is 17.8. The van der Waals surface area contributed by atoms with Crippen molar-refractivity contribution in [3.05, 3.63) is 69.8 Å². The normalized spacial score (nSPS) is 17.4. The minimum absolute atomic E-state index is 0.352. The molecule has 2 heterocycles. The first-order valence-electron chi connectivity index (χ1n) is 9.33. The molecule has 0 saturated carbocycles. The average Bonchev–Trinajstić information content (AvgIpc) is 3.29. The van der Waals surface area contributed by atoms with Gasteiger partial charge in [-0.3, -0.25) is 4.90 Å². The van der Waals surface area contributed by atoms with E-state index >= 15 is 0 Å². The SMILES string of the molecule is Cc1ccc(CN(Cc2cccc3[nH]ccc23)CC2CCCO2)c(Br)c1. The van der Waals surface area contributed by atoms with E-state index in [4.69, 9.17) is 4.74 Å². The Morgan fingerprint density at radius 1 is 1.15 bits per heavy atom. The van der Waals surface area contributed by atoms with E-state index in [1.807, 2.05) is 6.20 Å². The molecule has 0 radical (unpaired) electrons. The van der Waals surface area contributed by atoms with Crippen molar-refractivity contribution in [1.29, 1.82) is 0 Å². The van der Waals surface area contributed by atoms with Crippen LogP contribution >= 0.6 is 15.9 Å². The van der Waals surface area contributed by atoms with Crippen LogP contribution in [0.25, 0.3) is 10.9 Å². The van der Waals surface area contributed by atoms with Crippen LogP contribution in [0.3, 0.4) is 0 Å². The van der Waals surface area contributed by atoms with Gasteiger partial charge in [0.05, 0.1) is 6.10 Å². The molecule has 0 bridgehead atoms. The maximum Gasteiger partial charge on any atom is 0.0703 e. The van der Waals surface area contributed by atoms with E-state index in [2.05, 4.69) is 75.2 Å². The Labute approximate surface area is 163 Å². The molecule has 1 fully saturated rings. The third-order valence-electron chi connectivity index (χ3n) is 5.17. The minimum Gasteiger partial charge on any atom is -0.377 e. The maximum atomic E-state index is 5.92. The number of rotatable bonds is 6. The van der Waals surface area contributed by atoms with Crippen LogP contribution < -0.4 is 0 Å². The lowest BCUT2D eigenvalue weighted by Gasteiger charge is -2.26. The van der Waals surface area contributed by atoms with Crippen LogP contribution in [0.15, 0.2) is 53.1 Å². The van der Waals surface area contributed by atoms with Gasteiger partial charge in [0.15, 0.2) is 0 Å². The van der Waals surface area contributed by atoms with Gasteiger partial charge in [-0.15, -0.1) is 0 Å². The molecule has 3 nitrogen and oxygen atoms in total. The third-order valence-corrected chi connectivity index (χ3v) is 5.91. The molecule has 2 aromatic carbocycles. The molecule has 0 amide bonds. The van der Waals surface area contributed by atoms with Crippen LogP contribution in [0.4, 0.5) is 0 Å². The highest BCUT2D eigenvalue weighted by molar-refractivity contribution is 9.10. The predicted molar refractivity (Wildman–Crippen MR) is 110 cm³/mol. The van der Waals surface area contributed by atoms with E-state index in [0.29, 0.717) is 6.10 Å². The highest BCUT2D eigenvalue weighted by atomic mass is 79.9. The second kappa shape index (κ2) is 7.95. The molecule has 1 aliphatic rings. The standard InChI is InChI=1S/C22H25BrN2O/c1-16-7-8-18(21(23)12-16)14-25(15-19-5-3-11-26-19)13-17-4-2-6-22-20(17)9-10-24-22/h2,4,6-10,12,19,24H,3,5,11,13-15H2,1H3. The Morgan fingerprint density at radius 2 is 2.04 bits per heavy atom. The van der Waals surface area contributed by atoms with Gasteiger partial charge < -0.3 is 9.72 Å². The number of hydrogen-bond donors (Lipinski definition) is 1. The van der Waals surface area contributed by atoms with Gasteiger partial charge in [-0.05, 0) is 54.7 Å². The summed E-state index contributed by atoms with van der Waals surface area (Å²) >= 11 is 3.74. The Bertz CT molecular complexity index is 883. The molecule has 0 aliphatic carbocycles. The van der Waals surface area contributed by atoms with E-state index < -0.39 is 0 Å². The second-order valence-electron chi connectivity index (χ2n) is 7.26. The molecular weight excluding hydrogens is 388 g/mol. The summed E-state index contributed by atoms with van der Waals surface area (Å²) in [7, 11) is 0. The number of aromatic nitrogens is 1. The number of nitrogens with zero attached hydrogens (tertiary/aromatic N) is 1. The predicted octanol–water partition coefficient (Wildman–Crippen LogP) is 5.42. The van der Waals surface area contributed by atoms with E-state index in [9.17, 15) is 0 Å². The van der Waals surface area contributed by atoms with Crippen molar-refractivity contribution < 1.29 is 4.74 Å². The fourth-order valence-electron chi connectivity index (χ4n) is 3.81. The number of fused-ring (bicyclic) bond motifs is 1. The second-order valence-corrected chi connectivity index (χ2v) is 8.11. The van der Waals surface area contributed by atoms with Gasteiger partial charge in [0.25, 0.3) is 0 Å². The zero-order valence-corrected chi connectivity index (χ0v) is 16.8. The lowest BCUT2D eigenvalue weighted by Crippen LogP contribution is -2.31. The molecule has 4 heteroatoms. The number of H-pyrrole nitrogens is 1. The van der Waals surface area contributed by atoms with Crippen LogP contribution in [-0.4, -0.2) is 29.1 Å². The van der Waals surface area contributed by atoms with Crippen LogP contribution in [0.1, 0.15) is 29.5 Å². The van der Waals surface area contributed by atoms with Crippen molar-refractivity contribution in [2.75, 3.05) is 13.2 Å². The quantitative estimate of drug-likeness (QED) is 0.585. The van der Waals surface area contributed by atoms with E-state index in [1.54, 1.807) is 0 Å². The van der Waals surface area contributed by atoms with E-state index in [1.165, 1.54) is 44.9 Å². The number of aromatic amines is 1. The highest BCUT2D eigenvalue weighted by Gasteiger charge is 2.20. The van der Waals surface area contributed by atoms with E-state index in [-0.39, 0.29) is 0 Å². The zero-order valence-electron chi connectivity index (χ0n) is 15.2. The monoisotopic (exact) mass is 412 g/mol. The summed E-state index contributed by atoms with van der Waals surface area (Å²) in [5, 5.41) is 1.31. The van der Waals surface area contributed by atoms with Crippen LogP contribution in [0.5, 0.6) is 0 Å². The Hall–Kier alpha value is -1.62. The summed E-state index contributed by atoms with van der Waals surface area (Å²) in [5.74, 6) is 0. The topological polar surface area (TPSA) is 28.3 Å². The molecule has 1 aliphatic heterocycles. The summed E-state index contributed by atoms with van der Waals surface area (Å²) < 4.78 is 7.11. The molecule has 1 N–H and O–H groups in total. The zero-order chi connectivity index (χ0) is 17.9. The lowest BCUT2D eigenvalue weighted by atomic mass is 10.1. The Morgan fingerprint density at radius 3 is 2.85 bits per heavy atom. The lowest BCUT2D eigenvalue weighted by molar-refractivity contribution is 0.0680. The summed E-state index contributed by atoms with van der Waals surface area (Å²) in [5.41, 5.74) is 5.18. The van der Waals surface area contributed by atoms with Gasteiger partial charge in [-0.2, -0.15) is 0 Å². The van der Waals surface area contributed by atoms with Crippen molar-refractivity contribution in [3.63, 3.8) is 0 Å². The fraction of sp³-hybridized carbons (Fsp3) is 0.364. The summed E-state index contributed by atoms with van der Waals surface area (Å²) in [6.07, 6.45) is 4.72. The molecule has 136 valence electrons. The van der Waals surface area contributed by atoms with Crippen molar-refractivity contribution in [2.24, 2.45) is 0 Å². The number of benzene rings is 2. The molecule has 1 saturated heterocycles. The highest BCUT2D eigenvalue weighted by Crippen LogP contribution is 2.25. The van der Waals surface area contributed by atoms with Crippen LogP contribution in [0, 0.1) is 6.92 Å². The fourth-order valence-corrected chi connectivity index (χ4v) is 4.43.